The second-order valence-electron chi connectivity index (χ2n) is 4.45. The Morgan fingerprint density at radius 3 is 2.77 bits per heavy atom. The number of hydrogen-bond acceptors (Lipinski definition) is 5. The minimum Gasteiger partial charge on any atom is -0.496 e. The third-order valence-electron chi connectivity index (χ3n) is 2.89. The van der Waals surface area contributed by atoms with Crippen molar-refractivity contribution in [2.45, 2.75) is 6.42 Å². The zero-order chi connectivity index (χ0) is 15.8. The summed E-state index contributed by atoms with van der Waals surface area (Å²) in [6.45, 7) is 1.19. The van der Waals surface area contributed by atoms with E-state index in [4.69, 9.17) is 16.3 Å². The lowest BCUT2D eigenvalue weighted by atomic mass is 10.2. The van der Waals surface area contributed by atoms with E-state index < -0.39 is 0 Å². The van der Waals surface area contributed by atoms with E-state index in [1.165, 1.54) is 7.11 Å². The molecule has 0 unspecified atom stereocenters. The number of ether oxygens (including phenoxy) is 1. The summed E-state index contributed by atoms with van der Waals surface area (Å²) in [6, 6.07) is 6.70. The first-order valence-electron chi connectivity index (χ1n) is 6.83. The molecule has 0 atom stereocenters. The third kappa shape index (κ3) is 4.60. The summed E-state index contributed by atoms with van der Waals surface area (Å²) < 4.78 is 5.16. The monoisotopic (exact) mass is 320 g/mol. The van der Waals surface area contributed by atoms with Gasteiger partial charge in [0.05, 0.1) is 12.7 Å². The van der Waals surface area contributed by atoms with Gasteiger partial charge in [-0.2, -0.15) is 0 Å². The first-order valence-corrected chi connectivity index (χ1v) is 7.21. The Hall–Kier alpha value is -2.34. The van der Waals surface area contributed by atoms with Crippen molar-refractivity contribution < 1.29 is 9.53 Å². The van der Waals surface area contributed by atoms with Crippen LogP contribution >= 0.6 is 11.6 Å². The Morgan fingerprint density at radius 1 is 1.27 bits per heavy atom. The van der Waals surface area contributed by atoms with E-state index in [1.54, 1.807) is 36.7 Å². The van der Waals surface area contributed by atoms with Gasteiger partial charge in [-0.3, -0.25) is 4.79 Å². The molecule has 0 fully saturated rings. The van der Waals surface area contributed by atoms with Crippen LogP contribution in [0.15, 0.2) is 36.7 Å². The van der Waals surface area contributed by atoms with Crippen molar-refractivity contribution >= 4 is 23.5 Å². The molecule has 22 heavy (non-hydrogen) atoms. The van der Waals surface area contributed by atoms with Gasteiger partial charge in [-0.1, -0.05) is 11.6 Å². The molecule has 1 aromatic heterocycles. The molecule has 2 aromatic rings. The normalized spacial score (nSPS) is 10.1. The molecule has 1 heterocycles. The van der Waals surface area contributed by atoms with Crippen LogP contribution in [-0.2, 0) is 0 Å². The molecule has 0 bridgehead atoms. The fourth-order valence-electron chi connectivity index (χ4n) is 1.83. The quantitative estimate of drug-likeness (QED) is 0.766. The number of anilines is 1. The lowest BCUT2D eigenvalue weighted by Crippen LogP contribution is -2.26. The van der Waals surface area contributed by atoms with Crippen LogP contribution in [0.5, 0.6) is 5.75 Å². The molecule has 6 nitrogen and oxygen atoms in total. The summed E-state index contributed by atoms with van der Waals surface area (Å²) in [5.74, 6) is 0.860. The molecule has 0 saturated carbocycles. The number of nitrogens with zero attached hydrogens (tertiary/aromatic N) is 2. The Kier molecular flexibility index (Phi) is 5.97. The zero-order valence-corrected chi connectivity index (χ0v) is 12.9. The van der Waals surface area contributed by atoms with Gasteiger partial charge in [0, 0.05) is 30.5 Å². The summed E-state index contributed by atoms with van der Waals surface area (Å²) in [6.07, 6.45) is 4.08. The van der Waals surface area contributed by atoms with Gasteiger partial charge in [-0.15, -0.1) is 0 Å². The molecule has 1 aromatic carbocycles. The predicted octanol–water partition coefficient (Wildman–Crippen LogP) is 2.37. The first kappa shape index (κ1) is 16.0. The highest BCUT2D eigenvalue weighted by Gasteiger charge is 2.12. The summed E-state index contributed by atoms with van der Waals surface area (Å²) in [7, 11) is 1.52. The number of carbonyl (C=O) groups excluding carboxylic acids is 1. The molecule has 2 rings (SSSR count). The minimum absolute atomic E-state index is 0.213. The second kappa shape index (κ2) is 8.19. The van der Waals surface area contributed by atoms with E-state index >= 15 is 0 Å². The smallest absolute Gasteiger partial charge is 0.255 e. The molecule has 7 heteroatoms. The van der Waals surface area contributed by atoms with E-state index in [0.29, 0.717) is 35.4 Å². The maximum Gasteiger partial charge on any atom is 0.255 e. The van der Waals surface area contributed by atoms with Crippen molar-refractivity contribution in [3.05, 3.63) is 47.2 Å². The molecule has 2 N–H and O–H groups in total. The third-order valence-corrected chi connectivity index (χ3v) is 3.13. The van der Waals surface area contributed by atoms with E-state index in [-0.39, 0.29) is 5.91 Å². The predicted molar refractivity (Wildman–Crippen MR) is 85.5 cm³/mol. The van der Waals surface area contributed by atoms with Gasteiger partial charge in [0.15, 0.2) is 0 Å². The summed E-state index contributed by atoms with van der Waals surface area (Å²) in [5, 5.41) is 6.39. The van der Waals surface area contributed by atoms with Crippen LogP contribution in [0.1, 0.15) is 16.8 Å². The highest BCUT2D eigenvalue weighted by atomic mass is 35.5. The molecule has 1 amide bonds. The van der Waals surface area contributed by atoms with Crippen molar-refractivity contribution in [2.75, 3.05) is 25.5 Å². The van der Waals surface area contributed by atoms with Gasteiger partial charge < -0.3 is 15.4 Å². The summed E-state index contributed by atoms with van der Waals surface area (Å²) >= 11 is 5.91. The molecule has 0 radical (unpaired) electrons. The van der Waals surface area contributed by atoms with Gasteiger partial charge in [-0.25, -0.2) is 9.97 Å². The number of aromatic nitrogens is 2. The van der Waals surface area contributed by atoms with Crippen LogP contribution in [0.3, 0.4) is 0 Å². The number of amides is 1. The van der Waals surface area contributed by atoms with Gasteiger partial charge >= 0.3 is 0 Å². The van der Waals surface area contributed by atoms with E-state index in [0.717, 1.165) is 6.42 Å². The fraction of sp³-hybridized carbons (Fsp3) is 0.267. The van der Waals surface area contributed by atoms with Crippen molar-refractivity contribution in [3.63, 3.8) is 0 Å². The summed E-state index contributed by atoms with van der Waals surface area (Å²) in [5.41, 5.74) is 0.425. The second-order valence-corrected chi connectivity index (χ2v) is 4.89. The maximum atomic E-state index is 12.1. The number of halogens is 1. The molecule has 0 aliphatic rings. The molecule has 0 aliphatic heterocycles. The fourth-order valence-corrected chi connectivity index (χ4v) is 2.01. The van der Waals surface area contributed by atoms with Gasteiger partial charge in [0.25, 0.3) is 5.91 Å². The van der Waals surface area contributed by atoms with Crippen LogP contribution in [0, 0.1) is 0 Å². The lowest BCUT2D eigenvalue weighted by molar-refractivity contribution is 0.0950. The number of hydrogen-bond donors (Lipinski definition) is 2. The van der Waals surface area contributed by atoms with Crippen LogP contribution in [-0.4, -0.2) is 36.1 Å². The summed E-state index contributed by atoms with van der Waals surface area (Å²) in [4.78, 5) is 20.2. The Morgan fingerprint density at radius 2 is 2.05 bits per heavy atom. The Labute approximate surface area is 133 Å². The molecule has 116 valence electrons. The molecule has 0 spiro atoms. The van der Waals surface area contributed by atoms with Crippen LogP contribution in [0.2, 0.25) is 5.02 Å². The first-order chi connectivity index (χ1) is 10.7. The zero-order valence-electron chi connectivity index (χ0n) is 12.2. The maximum absolute atomic E-state index is 12.1. The number of carbonyl (C=O) groups is 1. The Balaban J connectivity index is 1.77. The number of rotatable bonds is 7. The molecular formula is C15H17ClN4O2. The standard InChI is InChI=1S/C15H17ClN4O2/c1-22-13-5-4-11(16)10-12(13)14(21)17-6-2-7-18-15-19-8-3-9-20-15/h3-5,8-10H,2,6-7H2,1H3,(H,17,21)(H,18,19,20). The molecular weight excluding hydrogens is 304 g/mol. The van der Waals surface area contributed by atoms with Crippen molar-refractivity contribution in [3.8, 4) is 5.75 Å². The van der Waals surface area contributed by atoms with Gasteiger partial charge in [-0.05, 0) is 30.7 Å². The lowest BCUT2D eigenvalue weighted by Gasteiger charge is -2.10. The molecule has 0 aliphatic carbocycles. The largest absolute Gasteiger partial charge is 0.496 e. The van der Waals surface area contributed by atoms with Crippen LogP contribution in [0.4, 0.5) is 5.95 Å². The van der Waals surface area contributed by atoms with E-state index in [2.05, 4.69) is 20.6 Å². The van der Waals surface area contributed by atoms with Crippen molar-refractivity contribution in [2.24, 2.45) is 0 Å². The number of benzene rings is 1. The highest BCUT2D eigenvalue weighted by Crippen LogP contribution is 2.22. The topological polar surface area (TPSA) is 76.1 Å². The number of nitrogens with one attached hydrogen (secondary N) is 2. The van der Waals surface area contributed by atoms with Crippen molar-refractivity contribution in [1.29, 1.82) is 0 Å². The number of methoxy groups -OCH3 is 1. The van der Waals surface area contributed by atoms with E-state index in [1.807, 2.05) is 0 Å². The van der Waals surface area contributed by atoms with Crippen molar-refractivity contribution in [1.82, 2.24) is 15.3 Å². The van der Waals surface area contributed by atoms with Gasteiger partial charge in [0.2, 0.25) is 5.95 Å². The van der Waals surface area contributed by atoms with Gasteiger partial charge in [0.1, 0.15) is 5.75 Å². The average Bonchev–Trinajstić information content (AvgIpc) is 2.55. The van der Waals surface area contributed by atoms with Crippen LogP contribution < -0.4 is 15.4 Å². The molecule has 0 saturated heterocycles. The SMILES string of the molecule is COc1ccc(Cl)cc1C(=O)NCCCNc1ncccn1. The van der Waals surface area contributed by atoms with Crippen LogP contribution in [0.25, 0.3) is 0 Å². The Bertz CT molecular complexity index is 622. The van der Waals surface area contributed by atoms with E-state index in [9.17, 15) is 4.79 Å². The minimum atomic E-state index is -0.213. The highest BCUT2D eigenvalue weighted by molar-refractivity contribution is 6.31. The average molecular weight is 321 g/mol.